The Bertz CT molecular complexity index is 1330. The van der Waals surface area contributed by atoms with Crippen LogP contribution in [0.3, 0.4) is 0 Å². The number of benzene rings is 3. The van der Waals surface area contributed by atoms with Crippen molar-refractivity contribution in [1.29, 1.82) is 0 Å². The van der Waals surface area contributed by atoms with Gasteiger partial charge in [-0.2, -0.15) is 0 Å². The van der Waals surface area contributed by atoms with Crippen molar-refractivity contribution in [2.75, 3.05) is 10.6 Å². The lowest BCUT2D eigenvalue weighted by molar-refractivity contribution is -0.113. The van der Waals surface area contributed by atoms with E-state index in [1.165, 1.54) is 5.56 Å². The molecule has 4 aromatic rings. The average Bonchev–Trinajstić information content (AvgIpc) is 3.13. The molecule has 2 N–H and O–H groups in total. The molecular formula is C26H24N4O. The van der Waals surface area contributed by atoms with Crippen LogP contribution in [0.15, 0.2) is 84.1 Å². The number of hydrogen-bond donors (Lipinski definition) is 2. The highest BCUT2D eigenvalue weighted by Gasteiger charge is 2.34. The van der Waals surface area contributed by atoms with Gasteiger partial charge < -0.3 is 10.6 Å². The third kappa shape index (κ3) is 3.28. The van der Waals surface area contributed by atoms with Crippen molar-refractivity contribution < 1.29 is 4.79 Å². The molecule has 154 valence electrons. The molecule has 1 amide bonds. The van der Waals surface area contributed by atoms with E-state index in [4.69, 9.17) is 4.98 Å². The van der Waals surface area contributed by atoms with Crippen molar-refractivity contribution in [2.45, 2.75) is 26.8 Å². The Balaban J connectivity index is 1.65. The first-order valence-electron chi connectivity index (χ1n) is 10.4. The number of aromatic nitrogens is 2. The molecule has 5 heteroatoms. The molecule has 3 aromatic carbocycles. The van der Waals surface area contributed by atoms with Crippen molar-refractivity contribution in [3.8, 4) is 0 Å². The average molecular weight is 409 g/mol. The first-order chi connectivity index (χ1) is 15.0. The number of anilines is 2. The van der Waals surface area contributed by atoms with E-state index in [-0.39, 0.29) is 11.9 Å². The topological polar surface area (TPSA) is 59.0 Å². The van der Waals surface area contributed by atoms with E-state index >= 15 is 0 Å². The van der Waals surface area contributed by atoms with Gasteiger partial charge in [-0.1, -0.05) is 60.2 Å². The molecule has 5 nitrogen and oxygen atoms in total. The van der Waals surface area contributed by atoms with Gasteiger partial charge in [-0.25, -0.2) is 4.98 Å². The molecule has 0 saturated heterocycles. The second kappa shape index (κ2) is 7.43. The minimum atomic E-state index is -0.282. The van der Waals surface area contributed by atoms with Gasteiger partial charge in [0.1, 0.15) is 0 Å². The molecule has 1 aliphatic heterocycles. The first-order valence-corrected chi connectivity index (χ1v) is 10.4. The minimum absolute atomic E-state index is 0.116. The summed E-state index contributed by atoms with van der Waals surface area (Å²) < 4.78 is 2.12. The SMILES string of the molecule is CC1=C(C(=O)Nc2ccc(C)cc2C)C(c2ccccc2)n2c(nc3ccccc32)N1. The molecule has 0 fully saturated rings. The Hall–Kier alpha value is -3.86. The number of amides is 1. The molecule has 5 rings (SSSR count). The summed E-state index contributed by atoms with van der Waals surface area (Å²) >= 11 is 0. The van der Waals surface area contributed by atoms with E-state index in [0.717, 1.165) is 39.5 Å². The summed E-state index contributed by atoms with van der Waals surface area (Å²) in [5, 5.41) is 6.50. The first kappa shape index (κ1) is 19.1. The maximum absolute atomic E-state index is 13.6. The third-order valence-electron chi connectivity index (χ3n) is 5.82. The van der Waals surface area contributed by atoms with Gasteiger partial charge in [-0.15, -0.1) is 0 Å². The zero-order chi connectivity index (χ0) is 21.5. The smallest absolute Gasteiger partial charge is 0.255 e. The summed E-state index contributed by atoms with van der Waals surface area (Å²) in [6, 6.07) is 23.9. The predicted octanol–water partition coefficient (Wildman–Crippen LogP) is 5.58. The van der Waals surface area contributed by atoms with Crippen LogP contribution in [0.4, 0.5) is 11.6 Å². The van der Waals surface area contributed by atoms with Crippen LogP contribution in [0.5, 0.6) is 0 Å². The number of carbonyl (C=O) groups excluding carboxylic acids is 1. The molecule has 0 saturated carbocycles. The molecular weight excluding hydrogens is 384 g/mol. The lowest BCUT2D eigenvalue weighted by atomic mass is 9.94. The van der Waals surface area contributed by atoms with E-state index in [1.807, 2.05) is 75.4 Å². The van der Waals surface area contributed by atoms with E-state index < -0.39 is 0 Å². The Morgan fingerprint density at radius 1 is 0.968 bits per heavy atom. The third-order valence-corrected chi connectivity index (χ3v) is 5.82. The minimum Gasteiger partial charge on any atom is -0.329 e. The molecule has 0 aliphatic carbocycles. The number of nitrogens with zero attached hydrogens (tertiary/aromatic N) is 2. The number of rotatable bonds is 3. The fraction of sp³-hybridized carbons (Fsp3) is 0.154. The standard InChI is InChI=1S/C26H24N4O/c1-16-13-14-20(17(2)15-16)28-25(31)23-18(3)27-26-29-21-11-7-8-12-22(21)30(26)24(23)19-9-5-4-6-10-19/h4-15,24H,1-3H3,(H,27,29)(H,28,31). The lowest BCUT2D eigenvalue weighted by Crippen LogP contribution is -2.31. The summed E-state index contributed by atoms with van der Waals surface area (Å²) in [6.07, 6.45) is 0. The molecule has 1 unspecified atom stereocenters. The van der Waals surface area contributed by atoms with Crippen LogP contribution in [0.1, 0.15) is 29.7 Å². The van der Waals surface area contributed by atoms with Gasteiger partial charge in [0.05, 0.1) is 22.6 Å². The number of aryl methyl sites for hydroxylation is 2. The normalized spacial score (nSPS) is 15.5. The van der Waals surface area contributed by atoms with Gasteiger partial charge in [-0.05, 0) is 50.1 Å². The molecule has 0 spiro atoms. The summed E-state index contributed by atoms with van der Waals surface area (Å²) in [7, 11) is 0. The largest absolute Gasteiger partial charge is 0.329 e. The number of hydrogen-bond acceptors (Lipinski definition) is 3. The molecule has 2 heterocycles. The highest BCUT2D eigenvalue weighted by molar-refractivity contribution is 6.06. The summed E-state index contributed by atoms with van der Waals surface area (Å²) in [6.45, 7) is 6.00. The van der Waals surface area contributed by atoms with Crippen molar-refractivity contribution in [1.82, 2.24) is 9.55 Å². The number of imidazole rings is 1. The van der Waals surface area contributed by atoms with Crippen LogP contribution < -0.4 is 10.6 Å². The van der Waals surface area contributed by atoms with Gasteiger partial charge in [0.2, 0.25) is 5.95 Å². The Morgan fingerprint density at radius 3 is 2.48 bits per heavy atom. The Labute approximate surface area is 181 Å². The molecule has 31 heavy (non-hydrogen) atoms. The van der Waals surface area contributed by atoms with Gasteiger partial charge in [-0.3, -0.25) is 9.36 Å². The number of allylic oxidation sites excluding steroid dienone is 1. The van der Waals surface area contributed by atoms with Crippen molar-refractivity contribution in [3.05, 3.63) is 101 Å². The quantitative estimate of drug-likeness (QED) is 0.465. The van der Waals surface area contributed by atoms with E-state index in [2.05, 4.69) is 33.4 Å². The van der Waals surface area contributed by atoms with Crippen molar-refractivity contribution in [3.63, 3.8) is 0 Å². The van der Waals surface area contributed by atoms with Crippen LogP contribution in [-0.4, -0.2) is 15.5 Å². The summed E-state index contributed by atoms with van der Waals surface area (Å²) in [5.74, 6) is 0.629. The number of nitrogens with one attached hydrogen (secondary N) is 2. The molecule has 0 bridgehead atoms. The fourth-order valence-corrected chi connectivity index (χ4v) is 4.35. The molecule has 0 radical (unpaired) electrons. The highest BCUT2D eigenvalue weighted by atomic mass is 16.1. The number of fused-ring (bicyclic) bond motifs is 3. The molecule has 1 atom stereocenters. The number of carbonyl (C=O) groups is 1. The number of para-hydroxylation sites is 2. The van der Waals surface area contributed by atoms with Crippen LogP contribution in [0.2, 0.25) is 0 Å². The van der Waals surface area contributed by atoms with Crippen LogP contribution in [0.25, 0.3) is 11.0 Å². The van der Waals surface area contributed by atoms with Gasteiger partial charge in [0.25, 0.3) is 5.91 Å². The van der Waals surface area contributed by atoms with E-state index in [1.54, 1.807) is 0 Å². The Morgan fingerprint density at radius 2 is 1.71 bits per heavy atom. The molecule has 1 aromatic heterocycles. The second-order valence-electron chi connectivity index (χ2n) is 8.04. The van der Waals surface area contributed by atoms with E-state index in [9.17, 15) is 4.79 Å². The zero-order valence-corrected chi connectivity index (χ0v) is 17.8. The van der Waals surface area contributed by atoms with Crippen molar-refractivity contribution >= 4 is 28.6 Å². The van der Waals surface area contributed by atoms with Gasteiger partial charge >= 0.3 is 0 Å². The lowest BCUT2D eigenvalue weighted by Gasteiger charge is -2.30. The zero-order valence-electron chi connectivity index (χ0n) is 17.8. The Kier molecular flexibility index (Phi) is 4.59. The van der Waals surface area contributed by atoms with Crippen LogP contribution in [-0.2, 0) is 4.79 Å². The van der Waals surface area contributed by atoms with Crippen LogP contribution in [0, 0.1) is 13.8 Å². The monoisotopic (exact) mass is 408 g/mol. The van der Waals surface area contributed by atoms with E-state index in [0.29, 0.717) is 5.57 Å². The summed E-state index contributed by atoms with van der Waals surface area (Å²) in [4.78, 5) is 18.4. The second-order valence-corrected chi connectivity index (χ2v) is 8.04. The van der Waals surface area contributed by atoms with Gasteiger partial charge in [0, 0.05) is 11.4 Å². The highest BCUT2D eigenvalue weighted by Crippen LogP contribution is 2.39. The molecule has 1 aliphatic rings. The van der Waals surface area contributed by atoms with Gasteiger partial charge in [0.15, 0.2) is 0 Å². The predicted molar refractivity (Wildman–Crippen MR) is 125 cm³/mol. The maximum Gasteiger partial charge on any atom is 0.255 e. The van der Waals surface area contributed by atoms with Crippen LogP contribution >= 0.6 is 0 Å². The van der Waals surface area contributed by atoms with Crippen molar-refractivity contribution in [2.24, 2.45) is 0 Å². The fourth-order valence-electron chi connectivity index (χ4n) is 4.35. The summed E-state index contributed by atoms with van der Waals surface area (Å²) in [5.41, 5.74) is 7.45. The maximum atomic E-state index is 13.6.